The summed E-state index contributed by atoms with van der Waals surface area (Å²) in [5, 5.41) is 1.86. The zero-order chi connectivity index (χ0) is 16.2. The lowest BCUT2D eigenvalue weighted by molar-refractivity contribution is -0.137. The number of carbonyl (C=O) groups is 1. The maximum Gasteiger partial charge on any atom is 0.330 e. The highest BCUT2D eigenvalue weighted by Gasteiger charge is 2.06. The largest absolute Gasteiger partial charge is 0.462 e. The van der Waals surface area contributed by atoms with Crippen LogP contribution >= 0.6 is 24.0 Å². The van der Waals surface area contributed by atoms with Crippen LogP contribution in [0.3, 0.4) is 0 Å². The van der Waals surface area contributed by atoms with Crippen LogP contribution in [0.4, 0.5) is 0 Å². The van der Waals surface area contributed by atoms with E-state index in [1.165, 1.54) is 0 Å². The van der Waals surface area contributed by atoms with Crippen LogP contribution < -0.4 is 0 Å². The van der Waals surface area contributed by atoms with Gasteiger partial charge in [-0.3, -0.25) is 0 Å². The molecule has 1 heterocycles. The molecule has 1 aromatic heterocycles. The zero-order valence-corrected chi connectivity index (χ0v) is 13.9. The number of thioether (sulfide) groups is 1. The first-order valence-corrected chi connectivity index (χ1v) is 8.46. The van der Waals surface area contributed by atoms with Crippen LogP contribution in [0.2, 0.25) is 0 Å². The number of carbonyl (C=O) groups excluding carboxylic acids is 1. The number of fused-ring (bicyclic) bond motifs is 2. The number of esters is 1. The van der Waals surface area contributed by atoms with Gasteiger partial charge in [0.15, 0.2) is 0 Å². The van der Waals surface area contributed by atoms with Crippen molar-refractivity contribution in [2.24, 2.45) is 0 Å². The number of ether oxygens (including phenoxy) is 1. The Labute approximate surface area is 142 Å². The molecule has 116 valence electrons. The molecule has 3 aromatic rings. The Morgan fingerprint density at radius 1 is 1.22 bits per heavy atom. The summed E-state index contributed by atoms with van der Waals surface area (Å²) in [4.78, 5) is 12.1. The lowest BCUT2D eigenvalue weighted by Crippen LogP contribution is -2.03. The van der Waals surface area contributed by atoms with Crippen molar-refractivity contribution in [3.05, 3.63) is 59.6 Å². The van der Waals surface area contributed by atoms with Crippen LogP contribution in [0.25, 0.3) is 21.9 Å². The summed E-state index contributed by atoms with van der Waals surface area (Å²) in [6, 6.07) is 13.7. The molecule has 0 fully saturated rings. The minimum absolute atomic E-state index is 0.344. The van der Waals surface area contributed by atoms with E-state index in [9.17, 15) is 4.79 Å². The zero-order valence-electron chi connectivity index (χ0n) is 12.3. The first-order chi connectivity index (χ1) is 11.2. The Morgan fingerprint density at radius 3 is 2.83 bits per heavy atom. The van der Waals surface area contributed by atoms with Crippen LogP contribution in [0.1, 0.15) is 0 Å². The molecule has 0 bridgehead atoms. The van der Waals surface area contributed by atoms with Gasteiger partial charge in [0.05, 0.1) is 4.51 Å². The summed E-state index contributed by atoms with van der Waals surface area (Å²) < 4.78 is 11.7. The third-order valence-electron chi connectivity index (χ3n) is 3.31. The van der Waals surface area contributed by atoms with Gasteiger partial charge in [-0.2, -0.15) is 0 Å². The quantitative estimate of drug-likeness (QED) is 0.160. The van der Waals surface area contributed by atoms with Gasteiger partial charge in [-0.15, -0.1) is 11.8 Å². The van der Waals surface area contributed by atoms with Crippen molar-refractivity contribution in [1.29, 1.82) is 0 Å². The SMILES string of the molecule is C=CC(=O)OCCSc1ccc2oc3ccccc3c(=S)c2c1. The summed E-state index contributed by atoms with van der Waals surface area (Å²) in [6.07, 6.45) is 1.16. The Kier molecular flexibility index (Phi) is 4.79. The molecule has 23 heavy (non-hydrogen) atoms. The number of hydrogen-bond acceptors (Lipinski definition) is 5. The second-order valence-corrected chi connectivity index (χ2v) is 6.38. The Balaban J connectivity index is 1.85. The normalized spacial score (nSPS) is 10.8. The first-order valence-electron chi connectivity index (χ1n) is 7.06. The Hall–Kier alpha value is -2.11. The van der Waals surface area contributed by atoms with Crippen molar-refractivity contribution >= 4 is 51.9 Å². The maximum atomic E-state index is 11.0. The second kappa shape index (κ2) is 6.98. The highest BCUT2D eigenvalue weighted by atomic mass is 32.2. The molecule has 0 saturated heterocycles. The molecule has 0 amide bonds. The van der Waals surface area contributed by atoms with Gasteiger partial charge in [0.1, 0.15) is 17.8 Å². The van der Waals surface area contributed by atoms with E-state index in [0.29, 0.717) is 12.4 Å². The van der Waals surface area contributed by atoms with Crippen LogP contribution in [-0.2, 0) is 9.53 Å². The third kappa shape index (κ3) is 3.46. The molecule has 0 atom stereocenters. The molecule has 0 unspecified atom stereocenters. The maximum absolute atomic E-state index is 11.0. The molecule has 2 aromatic carbocycles. The molecule has 3 rings (SSSR count). The summed E-state index contributed by atoms with van der Waals surface area (Å²) in [5.74, 6) is 0.269. The van der Waals surface area contributed by atoms with E-state index in [2.05, 4.69) is 6.58 Å². The fraction of sp³-hybridized carbons (Fsp3) is 0.111. The minimum Gasteiger partial charge on any atom is -0.462 e. The van der Waals surface area contributed by atoms with Gasteiger partial charge in [0, 0.05) is 27.5 Å². The molecule has 0 aliphatic rings. The van der Waals surface area contributed by atoms with Gasteiger partial charge >= 0.3 is 5.97 Å². The molecule has 3 nitrogen and oxygen atoms in total. The Morgan fingerprint density at radius 2 is 2.00 bits per heavy atom. The average molecular weight is 342 g/mol. The minimum atomic E-state index is -0.401. The predicted octanol–water partition coefficient (Wildman–Crippen LogP) is 5.14. The lowest BCUT2D eigenvalue weighted by atomic mass is 10.1. The third-order valence-corrected chi connectivity index (χ3v) is 4.71. The topological polar surface area (TPSA) is 39.4 Å². The second-order valence-electron chi connectivity index (χ2n) is 4.81. The number of benzene rings is 2. The standard InChI is InChI=1S/C18H14O3S2/c1-2-17(19)20-9-10-23-12-7-8-16-14(11-12)18(22)13-5-3-4-6-15(13)21-16/h2-8,11H,1,9-10H2. The first kappa shape index (κ1) is 15.8. The highest BCUT2D eigenvalue weighted by Crippen LogP contribution is 2.29. The number of rotatable bonds is 5. The molecular weight excluding hydrogens is 328 g/mol. The fourth-order valence-corrected chi connectivity index (χ4v) is 3.33. The van der Waals surface area contributed by atoms with Crippen LogP contribution in [0, 0.1) is 4.51 Å². The van der Waals surface area contributed by atoms with Gasteiger partial charge in [0.25, 0.3) is 0 Å². The summed E-state index contributed by atoms with van der Waals surface area (Å²) in [6.45, 7) is 3.71. The highest BCUT2D eigenvalue weighted by molar-refractivity contribution is 7.99. The van der Waals surface area contributed by atoms with Crippen LogP contribution in [0.15, 0.2) is 64.4 Å². The average Bonchev–Trinajstić information content (AvgIpc) is 2.59. The van der Waals surface area contributed by atoms with Crippen molar-refractivity contribution in [2.45, 2.75) is 4.90 Å². The van der Waals surface area contributed by atoms with Gasteiger partial charge in [-0.1, -0.05) is 30.9 Å². The van der Waals surface area contributed by atoms with Gasteiger partial charge in [-0.05, 0) is 30.3 Å². The van der Waals surface area contributed by atoms with Crippen molar-refractivity contribution < 1.29 is 13.9 Å². The van der Waals surface area contributed by atoms with E-state index in [0.717, 1.165) is 37.4 Å². The molecule has 0 aliphatic carbocycles. The monoisotopic (exact) mass is 342 g/mol. The predicted molar refractivity (Wildman–Crippen MR) is 96.4 cm³/mol. The summed E-state index contributed by atoms with van der Waals surface area (Å²) in [5.41, 5.74) is 1.57. The van der Waals surface area contributed by atoms with E-state index in [-0.39, 0.29) is 0 Å². The number of para-hydroxylation sites is 1. The summed E-state index contributed by atoms with van der Waals surface area (Å²) >= 11 is 7.19. The molecule has 0 N–H and O–H groups in total. The molecule has 0 saturated carbocycles. The molecule has 0 radical (unpaired) electrons. The smallest absolute Gasteiger partial charge is 0.330 e. The van der Waals surface area contributed by atoms with E-state index >= 15 is 0 Å². The molecule has 0 aliphatic heterocycles. The van der Waals surface area contributed by atoms with Gasteiger partial charge < -0.3 is 9.15 Å². The van der Waals surface area contributed by atoms with Gasteiger partial charge in [-0.25, -0.2) is 4.79 Å². The molecule has 0 spiro atoms. The van der Waals surface area contributed by atoms with E-state index < -0.39 is 5.97 Å². The van der Waals surface area contributed by atoms with E-state index in [1.807, 2.05) is 42.5 Å². The number of hydrogen-bond donors (Lipinski definition) is 0. The van der Waals surface area contributed by atoms with Gasteiger partial charge in [0.2, 0.25) is 0 Å². The van der Waals surface area contributed by atoms with Crippen molar-refractivity contribution in [1.82, 2.24) is 0 Å². The fourth-order valence-electron chi connectivity index (χ4n) is 2.23. The van der Waals surface area contributed by atoms with E-state index in [1.54, 1.807) is 11.8 Å². The lowest BCUT2D eigenvalue weighted by Gasteiger charge is -2.06. The van der Waals surface area contributed by atoms with Crippen LogP contribution in [-0.4, -0.2) is 18.3 Å². The van der Waals surface area contributed by atoms with Crippen molar-refractivity contribution in [3.63, 3.8) is 0 Å². The van der Waals surface area contributed by atoms with Crippen molar-refractivity contribution in [2.75, 3.05) is 12.4 Å². The molecular formula is C18H14O3S2. The van der Waals surface area contributed by atoms with Crippen LogP contribution in [0.5, 0.6) is 0 Å². The summed E-state index contributed by atoms with van der Waals surface area (Å²) in [7, 11) is 0. The Bertz CT molecular complexity index is 944. The molecule has 5 heteroatoms. The van der Waals surface area contributed by atoms with Crippen molar-refractivity contribution in [3.8, 4) is 0 Å². The van der Waals surface area contributed by atoms with E-state index in [4.69, 9.17) is 21.4 Å².